The number of carbonyl (C=O) groups excluding carboxylic acids is 1. The molecule has 2 heterocycles. The number of hydrogen-bond donors (Lipinski definition) is 2. The first-order chi connectivity index (χ1) is 13.9. The van der Waals surface area contributed by atoms with Crippen molar-refractivity contribution in [2.24, 2.45) is 5.92 Å². The molecule has 1 aliphatic rings. The van der Waals surface area contributed by atoms with Gasteiger partial charge < -0.3 is 15.2 Å². The average Bonchev–Trinajstić information content (AvgIpc) is 3.27. The van der Waals surface area contributed by atoms with Gasteiger partial charge in [-0.25, -0.2) is 4.39 Å². The number of hydrogen-bond acceptors (Lipinski definition) is 2. The smallest absolute Gasteiger partial charge is 0.224 e. The molecule has 1 aliphatic heterocycles. The molecular weight excluding hydrogens is 389 g/mol. The van der Waals surface area contributed by atoms with Crippen LogP contribution in [0.4, 0.5) is 10.1 Å². The number of amides is 1. The number of carbonyl (C=O) groups is 1. The van der Waals surface area contributed by atoms with Gasteiger partial charge in [0.2, 0.25) is 5.91 Å². The zero-order valence-corrected chi connectivity index (χ0v) is 17.4. The lowest BCUT2D eigenvalue weighted by atomic mass is 10.1. The summed E-state index contributed by atoms with van der Waals surface area (Å²) >= 11 is 6.16. The van der Waals surface area contributed by atoms with Crippen molar-refractivity contribution < 1.29 is 9.18 Å². The van der Waals surface area contributed by atoms with Gasteiger partial charge in [0.25, 0.3) is 0 Å². The fraction of sp³-hybridized carbons (Fsp3) is 0.348. The average molecular weight is 414 g/mol. The van der Waals surface area contributed by atoms with E-state index in [1.165, 1.54) is 23.4 Å². The Morgan fingerprint density at radius 2 is 2.10 bits per heavy atom. The van der Waals surface area contributed by atoms with Crippen LogP contribution in [-0.4, -0.2) is 30.5 Å². The summed E-state index contributed by atoms with van der Waals surface area (Å²) in [6.07, 6.45) is 1.28. The van der Waals surface area contributed by atoms with Crippen molar-refractivity contribution in [1.29, 1.82) is 0 Å². The Balaban J connectivity index is 1.36. The Morgan fingerprint density at radius 3 is 2.93 bits per heavy atom. The fourth-order valence-electron chi connectivity index (χ4n) is 4.20. The van der Waals surface area contributed by atoms with Crippen LogP contribution < -0.4 is 10.2 Å². The van der Waals surface area contributed by atoms with E-state index in [0.29, 0.717) is 12.5 Å². The number of fused-ring (bicyclic) bond motifs is 1. The summed E-state index contributed by atoms with van der Waals surface area (Å²) in [7, 11) is 0. The maximum atomic E-state index is 13.6. The minimum Gasteiger partial charge on any atom is -0.371 e. The normalized spacial score (nSPS) is 16.6. The molecule has 0 saturated carbocycles. The summed E-state index contributed by atoms with van der Waals surface area (Å²) in [5.74, 6) is 0.0787. The number of aromatic amines is 1. The molecule has 0 bridgehead atoms. The Labute approximate surface area is 175 Å². The lowest BCUT2D eigenvalue weighted by molar-refractivity contribution is -0.120. The van der Waals surface area contributed by atoms with Gasteiger partial charge in [-0.2, -0.15) is 0 Å². The summed E-state index contributed by atoms with van der Waals surface area (Å²) in [6, 6.07) is 10.6. The SMILES string of the molecule is Cc1ccc(Cl)cc1N1CCC(CNC(=O)Cc2c(C)[nH]c3ccc(F)cc23)C1. The lowest BCUT2D eigenvalue weighted by Gasteiger charge is -2.21. The monoisotopic (exact) mass is 413 g/mol. The minimum atomic E-state index is -0.291. The molecule has 1 amide bonds. The molecule has 2 aromatic carbocycles. The zero-order valence-electron chi connectivity index (χ0n) is 16.7. The van der Waals surface area contributed by atoms with E-state index in [1.807, 2.05) is 25.1 Å². The van der Waals surface area contributed by atoms with Crippen molar-refractivity contribution in [2.45, 2.75) is 26.7 Å². The van der Waals surface area contributed by atoms with Crippen LogP contribution in [0, 0.1) is 25.6 Å². The van der Waals surface area contributed by atoms with Gasteiger partial charge in [0.05, 0.1) is 6.42 Å². The Kier molecular flexibility index (Phi) is 5.50. The number of benzene rings is 2. The molecule has 6 heteroatoms. The fourth-order valence-corrected chi connectivity index (χ4v) is 4.37. The lowest BCUT2D eigenvalue weighted by Crippen LogP contribution is -2.32. The van der Waals surface area contributed by atoms with Gasteiger partial charge in [-0.3, -0.25) is 4.79 Å². The second kappa shape index (κ2) is 8.07. The van der Waals surface area contributed by atoms with Crippen LogP contribution in [0.1, 0.15) is 23.2 Å². The van der Waals surface area contributed by atoms with Gasteiger partial charge in [-0.05, 0) is 67.6 Å². The summed E-state index contributed by atoms with van der Waals surface area (Å²) in [5.41, 5.74) is 5.00. The van der Waals surface area contributed by atoms with Crippen molar-refractivity contribution in [1.82, 2.24) is 10.3 Å². The zero-order chi connectivity index (χ0) is 20.5. The van der Waals surface area contributed by atoms with Crippen molar-refractivity contribution in [2.75, 3.05) is 24.5 Å². The first-order valence-corrected chi connectivity index (χ1v) is 10.3. The van der Waals surface area contributed by atoms with Crippen LogP contribution in [0.3, 0.4) is 0 Å². The molecule has 4 rings (SSSR count). The van der Waals surface area contributed by atoms with Crippen molar-refractivity contribution in [3.8, 4) is 0 Å². The third-order valence-electron chi connectivity index (χ3n) is 5.80. The highest BCUT2D eigenvalue weighted by Gasteiger charge is 2.24. The second-order valence-electron chi connectivity index (χ2n) is 7.93. The van der Waals surface area contributed by atoms with Crippen LogP contribution >= 0.6 is 11.6 Å². The molecule has 4 nitrogen and oxygen atoms in total. The standard InChI is InChI=1S/C23H25ClFN3O/c1-14-3-4-17(24)9-22(14)28-8-7-16(13-28)12-26-23(29)11-19-15(2)27-21-6-5-18(25)10-20(19)21/h3-6,9-10,16,27H,7-8,11-13H2,1-2H3,(H,26,29). The maximum Gasteiger partial charge on any atom is 0.224 e. The Bertz CT molecular complexity index is 1060. The molecular formula is C23H25ClFN3O. The summed E-state index contributed by atoms with van der Waals surface area (Å²) in [5, 5.41) is 4.59. The predicted octanol–water partition coefficient (Wildman–Crippen LogP) is 4.76. The van der Waals surface area contributed by atoms with E-state index in [9.17, 15) is 9.18 Å². The number of aryl methyl sites for hydroxylation is 2. The summed E-state index contributed by atoms with van der Waals surface area (Å²) in [4.78, 5) is 18.1. The van der Waals surface area contributed by atoms with Gasteiger partial charge in [0, 0.05) is 46.9 Å². The number of rotatable bonds is 5. The molecule has 29 heavy (non-hydrogen) atoms. The second-order valence-corrected chi connectivity index (χ2v) is 8.37. The van der Waals surface area contributed by atoms with Gasteiger partial charge >= 0.3 is 0 Å². The first-order valence-electron chi connectivity index (χ1n) is 9.95. The number of nitrogens with one attached hydrogen (secondary N) is 2. The van der Waals surface area contributed by atoms with Crippen LogP contribution in [-0.2, 0) is 11.2 Å². The number of aromatic nitrogens is 1. The number of H-pyrrole nitrogens is 1. The van der Waals surface area contributed by atoms with Crippen molar-refractivity contribution >= 4 is 34.1 Å². The maximum absolute atomic E-state index is 13.6. The molecule has 152 valence electrons. The van der Waals surface area contributed by atoms with Gasteiger partial charge in [-0.15, -0.1) is 0 Å². The highest BCUT2D eigenvalue weighted by Crippen LogP contribution is 2.29. The van der Waals surface area contributed by atoms with E-state index in [1.54, 1.807) is 6.07 Å². The molecule has 1 atom stereocenters. The Hall–Kier alpha value is -2.53. The highest BCUT2D eigenvalue weighted by molar-refractivity contribution is 6.30. The molecule has 0 aliphatic carbocycles. The molecule has 2 N–H and O–H groups in total. The van der Waals surface area contributed by atoms with Crippen molar-refractivity contribution in [3.63, 3.8) is 0 Å². The minimum absolute atomic E-state index is 0.0318. The molecule has 0 spiro atoms. The van der Waals surface area contributed by atoms with E-state index in [4.69, 9.17) is 11.6 Å². The predicted molar refractivity (Wildman–Crippen MR) is 116 cm³/mol. The van der Waals surface area contributed by atoms with Crippen LogP contribution in [0.5, 0.6) is 0 Å². The molecule has 1 unspecified atom stereocenters. The van der Waals surface area contributed by atoms with E-state index < -0.39 is 0 Å². The molecule has 3 aromatic rings. The number of halogens is 2. The van der Waals surface area contributed by atoms with E-state index >= 15 is 0 Å². The third-order valence-corrected chi connectivity index (χ3v) is 6.04. The molecule has 0 radical (unpaired) electrons. The van der Waals surface area contributed by atoms with E-state index in [0.717, 1.165) is 46.7 Å². The number of nitrogens with zero attached hydrogens (tertiary/aromatic N) is 1. The quantitative estimate of drug-likeness (QED) is 0.633. The highest BCUT2D eigenvalue weighted by atomic mass is 35.5. The van der Waals surface area contributed by atoms with Crippen LogP contribution in [0.15, 0.2) is 36.4 Å². The molecule has 1 saturated heterocycles. The van der Waals surface area contributed by atoms with E-state index in [2.05, 4.69) is 22.1 Å². The number of anilines is 1. The van der Waals surface area contributed by atoms with Crippen LogP contribution in [0.2, 0.25) is 5.02 Å². The summed E-state index contributed by atoms with van der Waals surface area (Å²) in [6.45, 7) is 6.52. The van der Waals surface area contributed by atoms with E-state index in [-0.39, 0.29) is 18.1 Å². The topological polar surface area (TPSA) is 48.1 Å². The largest absolute Gasteiger partial charge is 0.371 e. The molecule has 1 fully saturated rings. The van der Waals surface area contributed by atoms with Gasteiger partial charge in [-0.1, -0.05) is 17.7 Å². The van der Waals surface area contributed by atoms with Crippen molar-refractivity contribution in [3.05, 3.63) is 64.1 Å². The Morgan fingerprint density at radius 1 is 1.28 bits per heavy atom. The summed E-state index contributed by atoms with van der Waals surface area (Å²) < 4.78 is 13.6. The van der Waals surface area contributed by atoms with Gasteiger partial charge in [0.1, 0.15) is 5.82 Å². The van der Waals surface area contributed by atoms with Gasteiger partial charge in [0.15, 0.2) is 0 Å². The van der Waals surface area contributed by atoms with Crippen LogP contribution in [0.25, 0.3) is 10.9 Å². The first kappa shape index (κ1) is 19.8. The molecule has 1 aromatic heterocycles. The third kappa shape index (κ3) is 4.25.